The first-order chi connectivity index (χ1) is 9.81. The lowest BCUT2D eigenvalue weighted by Crippen LogP contribution is -2.43. The Balaban J connectivity index is 1.50. The van der Waals surface area contributed by atoms with E-state index >= 15 is 0 Å². The minimum atomic E-state index is 0.216. The van der Waals surface area contributed by atoms with Crippen molar-refractivity contribution in [3.8, 4) is 0 Å². The zero-order valence-electron chi connectivity index (χ0n) is 12.0. The second-order valence-corrected chi connectivity index (χ2v) is 6.13. The average molecular weight is 272 g/mol. The fraction of sp³-hybridized carbons (Fsp3) is 0.588. The standard InChI is InChI=1S/C17H24N2O/c20-17(12-15-7-3-4-10-18-15)19-16-9-8-13-5-1-2-6-14(13)11-16/h1-2,5-6,15-16,18H,3-4,7-12H2,(H,19,20). The Morgan fingerprint density at radius 1 is 1.20 bits per heavy atom. The van der Waals surface area contributed by atoms with Crippen molar-refractivity contribution in [3.05, 3.63) is 35.4 Å². The Kier molecular flexibility index (Phi) is 4.36. The van der Waals surface area contributed by atoms with Gasteiger partial charge in [0.2, 0.25) is 5.91 Å². The molecule has 2 aliphatic rings. The number of hydrogen-bond donors (Lipinski definition) is 2. The van der Waals surface area contributed by atoms with Gasteiger partial charge in [0.1, 0.15) is 0 Å². The summed E-state index contributed by atoms with van der Waals surface area (Å²) in [5.41, 5.74) is 2.85. The molecule has 3 nitrogen and oxygen atoms in total. The maximum atomic E-state index is 12.1. The highest BCUT2D eigenvalue weighted by molar-refractivity contribution is 5.77. The molecule has 1 aromatic carbocycles. The summed E-state index contributed by atoms with van der Waals surface area (Å²) in [6.45, 7) is 1.06. The molecule has 2 N–H and O–H groups in total. The van der Waals surface area contributed by atoms with Crippen LogP contribution in [0, 0.1) is 0 Å². The summed E-state index contributed by atoms with van der Waals surface area (Å²) in [5, 5.41) is 6.67. The molecule has 1 aromatic rings. The van der Waals surface area contributed by atoms with Crippen LogP contribution in [0.2, 0.25) is 0 Å². The lowest BCUT2D eigenvalue weighted by molar-refractivity contribution is -0.122. The third-order valence-electron chi connectivity index (χ3n) is 4.56. The van der Waals surface area contributed by atoms with Gasteiger partial charge in [0.25, 0.3) is 0 Å². The van der Waals surface area contributed by atoms with E-state index in [1.165, 1.54) is 24.0 Å². The van der Waals surface area contributed by atoms with Gasteiger partial charge in [0.15, 0.2) is 0 Å². The quantitative estimate of drug-likeness (QED) is 0.885. The van der Waals surface area contributed by atoms with Gasteiger partial charge >= 0.3 is 0 Å². The number of carbonyl (C=O) groups excluding carboxylic acids is 1. The number of amides is 1. The van der Waals surface area contributed by atoms with Crippen molar-refractivity contribution in [1.29, 1.82) is 0 Å². The Hall–Kier alpha value is -1.35. The summed E-state index contributed by atoms with van der Waals surface area (Å²) in [7, 11) is 0. The molecule has 0 radical (unpaired) electrons. The summed E-state index contributed by atoms with van der Waals surface area (Å²) >= 11 is 0. The molecular weight excluding hydrogens is 248 g/mol. The van der Waals surface area contributed by atoms with Gasteiger partial charge in [-0.15, -0.1) is 0 Å². The molecule has 1 saturated heterocycles. The van der Waals surface area contributed by atoms with Crippen LogP contribution >= 0.6 is 0 Å². The first kappa shape index (κ1) is 13.6. The van der Waals surface area contributed by atoms with E-state index in [2.05, 4.69) is 34.9 Å². The molecule has 1 aliphatic heterocycles. The summed E-state index contributed by atoms with van der Waals surface area (Å²) in [5.74, 6) is 0.216. The molecule has 3 heteroatoms. The maximum absolute atomic E-state index is 12.1. The van der Waals surface area contributed by atoms with Gasteiger partial charge in [-0.3, -0.25) is 4.79 Å². The van der Waals surface area contributed by atoms with Crippen molar-refractivity contribution in [1.82, 2.24) is 10.6 Å². The molecule has 1 heterocycles. The number of nitrogens with one attached hydrogen (secondary N) is 2. The summed E-state index contributed by atoms with van der Waals surface area (Å²) < 4.78 is 0. The van der Waals surface area contributed by atoms with Crippen LogP contribution < -0.4 is 10.6 Å². The predicted molar refractivity (Wildman–Crippen MR) is 80.7 cm³/mol. The molecular formula is C17H24N2O. The van der Waals surface area contributed by atoms with Crippen LogP contribution in [0.4, 0.5) is 0 Å². The average Bonchev–Trinajstić information content (AvgIpc) is 2.48. The van der Waals surface area contributed by atoms with Crippen LogP contribution in [0.25, 0.3) is 0 Å². The van der Waals surface area contributed by atoms with Crippen molar-refractivity contribution in [2.45, 2.75) is 57.0 Å². The number of carbonyl (C=O) groups is 1. The summed E-state index contributed by atoms with van der Waals surface area (Å²) in [6.07, 6.45) is 7.42. The van der Waals surface area contributed by atoms with Crippen molar-refractivity contribution in [2.75, 3.05) is 6.54 Å². The molecule has 0 bridgehead atoms. The normalized spacial score (nSPS) is 25.8. The Morgan fingerprint density at radius 3 is 2.85 bits per heavy atom. The van der Waals surface area contributed by atoms with E-state index in [1.54, 1.807) is 0 Å². The molecule has 1 fully saturated rings. The van der Waals surface area contributed by atoms with Crippen LogP contribution in [0.1, 0.15) is 43.2 Å². The maximum Gasteiger partial charge on any atom is 0.221 e. The summed E-state index contributed by atoms with van der Waals surface area (Å²) in [6, 6.07) is 9.30. The number of benzene rings is 1. The molecule has 2 atom stereocenters. The van der Waals surface area contributed by atoms with E-state index in [9.17, 15) is 4.79 Å². The highest BCUT2D eigenvalue weighted by Gasteiger charge is 2.22. The van der Waals surface area contributed by atoms with Gasteiger partial charge in [-0.1, -0.05) is 30.7 Å². The lowest BCUT2D eigenvalue weighted by Gasteiger charge is -2.27. The van der Waals surface area contributed by atoms with Crippen LogP contribution in [-0.4, -0.2) is 24.5 Å². The largest absolute Gasteiger partial charge is 0.353 e. The zero-order chi connectivity index (χ0) is 13.8. The van der Waals surface area contributed by atoms with Crippen molar-refractivity contribution < 1.29 is 4.79 Å². The molecule has 0 saturated carbocycles. The minimum Gasteiger partial charge on any atom is -0.353 e. The SMILES string of the molecule is O=C(CC1CCCCN1)NC1CCc2ccccc2C1. The third-order valence-corrected chi connectivity index (χ3v) is 4.56. The smallest absolute Gasteiger partial charge is 0.221 e. The van der Waals surface area contributed by atoms with Crippen molar-refractivity contribution >= 4 is 5.91 Å². The highest BCUT2D eigenvalue weighted by atomic mass is 16.1. The van der Waals surface area contributed by atoms with Crippen molar-refractivity contribution in [3.63, 3.8) is 0 Å². The van der Waals surface area contributed by atoms with Crippen LogP contribution in [0.5, 0.6) is 0 Å². The molecule has 1 amide bonds. The van der Waals surface area contributed by atoms with Crippen molar-refractivity contribution in [2.24, 2.45) is 0 Å². The van der Waals surface area contributed by atoms with E-state index in [-0.39, 0.29) is 5.91 Å². The van der Waals surface area contributed by atoms with Gasteiger partial charge in [-0.05, 0) is 49.8 Å². The van der Waals surface area contributed by atoms with Gasteiger partial charge in [-0.25, -0.2) is 0 Å². The summed E-state index contributed by atoms with van der Waals surface area (Å²) in [4.78, 5) is 12.1. The first-order valence-corrected chi connectivity index (χ1v) is 7.91. The third kappa shape index (κ3) is 3.40. The lowest BCUT2D eigenvalue weighted by atomic mass is 9.88. The number of rotatable bonds is 3. The fourth-order valence-electron chi connectivity index (χ4n) is 3.43. The number of fused-ring (bicyclic) bond motifs is 1. The zero-order valence-corrected chi connectivity index (χ0v) is 12.0. The van der Waals surface area contributed by atoms with Gasteiger partial charge in [-0.2, -0.15) is 0 Å². The van der Waals surface area contributed by atoms with E-state index < -0.39 is 0 Å². The highest BCUT2D eigenvalue weighted by Crippen LogP contribution is 2.21. The number of piperidine rings is 1. The van der Waals surface area contributed by atoms with Crippen LogP contribution in [0.3, 0.4) is 0 Å². The Bertz CT molecular complexity index is 466. The van der Waals surface area contributed by atoms with E-state index in [0.29, 0.717) is 18.5 Å². The molecule has 1 aliphatic carbocycles. The fourth-order valence-corrected chi connectivity index (χ4v) is 3.43. The first-order valence-electron chi connectivity index (χ1n) is 7.91. The number of aryl methyl sites for hydroxylation is 1. The van der Waals surface area contributed by atoms with E-state index in [4.69, 9.17) is 0 Å². The molecule has 2 unspecified atom stereocenters. The monoisotopic (exact) mass is 272 g/mol. The van der Waals surface area contributed by atoms with Crippen LogP contribution in [-0.2, 0) is 17.6 Å². The molecule has 0 aromatic heterocycles. The van der Waals surface area contributed by atoms with E-state index in [1.807, 2.05) is 0 Å². The molecule has 3 rings (SSSR count). The second kappa shape index (κ2) is 6.40. The predicted octanol–water partition coefficient (Wildman–Crippen LogP) is 2.19. The Morgan fingerprint density at radius 2 is 2.05 bits per heavy atom. The van der Waals surface area contributed by atoms with Crippen LogP contribution in [0.15, 0.2) is 24.3 Å². The van der Waals surface area contributed by atoms with E-state index in [0.717, 1.165) is 32.2 Å². The molecule has 108 valence electrons. The van der Waals surface area contributed by atoms with Gasteiger partial charge in [0.05, 0.1) is 0 Å². The number of hydrogen-bond acceptors (Lipinski definition) is 2. The minimum absolute atomic E-state index is 0.216. The van der Waals surface area contributed by atoms with Gasteiger partial charge < -0.3 is 10.6 Å². The van der Waals surface area contributed by atoms with Gasteiger partial charge in [0, 0.05) is 18.5 Å². The topological polar surface area (TPSA) is 41.1 Å². The second-order valence-electron chi connectivity index (χ2n) is 6.13. The molecule has 0 spiro atoms. The molecule has 20 heavy (non-hydrogen) atoms. The Labute approximate surface area is 121 Å².